The van der Waals surface area contributed by atoms with Gasteiger partial charge < -0.3 is 20.9 Å². The molecule has 1 fully saturated rings. The third-order valence-corrected chi connectivity index (χ3v) is 3.36. The average Bonchev–Trinajstić information content (AvgIpc) is 2.28. The third kappa shape index (κ3) is 3.29. The summed E-state index contributed by atoms with van der Waals surface area (Å²) in [5.41, 5.74) is 6.03. The lowest BCUT2D eigenvalue weighted by molar-refractivity contribution is -0.0201. The zero-order chi connectivity index (χ0) is 14.0. The highest BCUT2D eigenvalue weighted by Gasteiger charge is 2.34. The summed E-state index contributed by atoms with van der Waals surface area (Å²) in [5, 5.41) is 13.1. The molecule has 5 heteroatoms. The van der Waals surface area contributed by atoms with Gasteiger partial charge in [0.2, 0.25) is 0 Å². The summed E-state index contributed by atoms with van der Waals surface area (Å²) in [5.74, 6) is -0.300. The van der Waals surface area contributed by atoms with Crippen molar-refractivity contribution in [1.29, 1.82) is 0 Å². The van der Waals surface area contributed by atoms with Crippen molar-refractivity contribution in [3.8, 4) is 5.75 Å². The van der Waals surface area contributed by atoms with E-state index in [0.29, 0.717) is 17.9 Å². The summed E-state index contributed by atoms with van der Waals surface area (Å²) >= 11 is 0. The quantitative estimate of drug-likeness (QED) is 0.718. The van der Waals surface area contributed by atoms with Crippen molar-refractivity contribution in [3.05, 3.63) is 17.9 Å². The second-order valence-electron chi connectivity index (χ2n) is 5.47. The fourth-order valence-electron chi connectivity index (χ4n) is 2.09. The van der Waals surface area contributed by atoms with Crippen LogP contribution in [0.15, 0.2) is 12.1 Å². The molecule has 0 radical (unpaired) electrons. The monoisotopic (exact) mass is 268 g/mol. The van der Waals surface area contributed by atoms with Crippen LogP contribution in [0.5, 0.6) is 5.75 Å². The summed E-state index contributed by atoms with van der Waals surface area (Å²) < 4.78 is 19.0. The van der Waals surface area contributed by atoms with Crippen LogP contribution >= 0.6 is 0 Å². The molecule has 1 aromatic rings. The molecule has 106 valence electrons. The molecule has 2 rings (SSSR count). The normalized spacial score (nSPS) is 17.1. The first-order chi connectivity index (χ1) is 8.89. The molecule has 1 aliphatic rings. The molecule has 0 heterocycles. The topological polar surface area (TPSA) is 67.5 Å². The van der Waals surface area contributed by atoms with Crippen LogP contribution in [0, 0.1) is 5.82 Å². The molecular weight excluding hydrogens is 247 g/mol. The molecule has 0 atom stereocenters. The van der Waals surface area contributed by atoms with Crippen LogP contribution < -0.4 is 15.8 Å². The molecular formula is C14H21FN2O2. The fourth-order valence-corrected chi connectivity index (χ4v) is 2.09. The van der Waals surface area contributed by atoms with Gasteiger partial charge in [-0.1, -0.05) is 0 Å². The zero-order valence-corrected chi connectivity index (χ0v) is 11.4. The maximum Gasteiger partial charge on any atom is 0.167 e. The highest BCUT2D eigenvalue weighted by atomic mass is 19.1. The van der Waals surface area contributed by atoms with Gasteiger partial charge in [-0.2, -0.15) is 0 Å². The van der Waals surface area contributed by atoms with E-state index >= 15 is 0 Å². The molecule has 4 N–H and O–H groups in total. The van der Waals surface area contributed by atoms with Crippen LogP contribution in [0.4, 0.5) is 15.8 Å². The minimum Gasteiger partial charge on any atom is -0.488 e. The Kier molecular flexibility index (Phi) is 3.85. The summed E-state index contributed by atoms with van der Waals surface area (Å²) in [7, 11) is 0. The Morgan fingerprint density at radius 1 is 1.47 bits per heavy atom. The SMILES string of the molecule is CC(C)Oc1cc(NCC2(O)CCC2)c(N)cc1F. The van der Waals surface area contributed by atoms with Crippen molar-refractivity contribution in [2.45, 2.75) is 44.8 Å². The lowest BCUT2D eigenvalue weighted by atomic mass is 9.80. The van der Waals surface area contributed by atoms with Gasteiger partial charge in [-0.25, -0.2) is 4.39 Å². The highest BCUT2D eigenvalue weighted by Crippen LogP contribution is 2.34. The summed E-state index contributed by atoms with van der Waals surface area (Å²) in [6.45, 7) is 4.09. The molecule has 0 aliphatic heterocycles. The molecule has 0 bridgehead atoms. The Labute approximate surface area is 112 Å². The van der Waals surface area contributed by atoms with E-state index in [0.717, 1.165) is 19.3 Å². The van der Waals surface area contributed by atoms with E-state index in [-0.39, 0.29) is 11.9 Å². The Bertz CT molecular complexity index is 459. The number of ether oxygens (including phenoxy) is 1. The number of anilines is 2. The van der Waals surface area contributed by atoms with Gasteiger partial charge in [0.1, 0.15) is 0 Å². The van der Waals surface area contributed by atoms with Gasteiger partial charge in [0.25, 0.3) is 0 Å². The molecule has 0 saturated heterocycles. The summed E-state index contributed by atoms with van der Waals surface area (Å²) in [6.07, 6.45) is 2.51. The average molecular weight is 268 g/mol. The predicted molar refractivity (Wildman–Crippen MR) is 73.9 cm³/mol. The van der Waals surface area contributed by atoms with E-state index in [2.05, 4.69) is 5.32 Å². The highest BCUT2D eigenvalue weighted by molar-refractivity contribution is 5.68. The van der Waals surface area contributed by atoms with Crippen molar-refractivity contribution in [2.75, 3.05) is 17.6 Å². The van der Waals surface area contributed by atoms with E-state index in [4.69, 9.17) is 10.5 Å². The first-order valence-corrected chi connectivity index (χ1v) is 6.61. The number of hydrogen-bond donors (Lipinski definition) is 3. The van der Waals surface area contributed by atoms with Gasteiger partial charge in [0.05, 0.1) is 23.1 Å². The Morgan fingerprint density at radius 3 is 2.68 bits per heavy atom. The van der Waals surface area contributed by atoms with E-state index in [1.165, 1.54) is 6.07 Å². The van der Waals surface area contributed by atoms with Crippen LogP contribution in [0.2, 0.25) is 0 Å². The molecule has 1 aromatic carbocycles. The first kappa shape index (κ1) is 13.9. The van der Waals surface area contributed by atoms with Gasteiger partial charge in [-0.15, -0.1) is 0 Å². The summed E-state index contributed by atoms with van der Waals surface area (Å²) in [6, 6.07) is 2.79. The van der Waals surface area contributed by atoms with Crippen molar-refractivity contribution in [2.24, 2.45) is 0 Å². The maximum atomic E-state index is 13.7. The lowest BCUT2D eigenvalue weighted by Gasteiger charge is -2.37. The predicted octanol–water partition coefficient (Wildman–Crippen LogP) is 2.52. The Balaban J connectivity index is 2.10. The van der Waals surface area contributed by atoms with Crippen LogP contribution in [0.1, 0.15) is 33.1 Å². The van der Waals surface area contributed by atoms with Gasteiger partial charge >= 0.3 is 0 Å². The molecule has 4 nitrogen and oxygen atoms in total. The number of rotatable bonds is 5. The smallest absolute Gasteiger partial charge is 0.167 e. The molecule has 0 unspecified atom stereocenters. The van der Waals surface area contributed by atoms with E-state index in [1.807, 2.05) is 13.8 Å². The second-order valence-corrected chi connectivity index (χ2v) is 5.47. The van der Waals surface area contributed by atoms with Gasteiger partial charge in [0, 0.05) is 18.7 Å². The molecule has 1 saturated carbocycles. The number of aliphatic hydroxyl groups is 1. The molecule has 19 heavy (non-hydrogen) atoms. The number of nitrogens with one attached hydrogen (secondary N) is 1. The third-order valence-electron chi connectivity index (χ3n) is 3.36. The number of hydrogen-bond acceptors (Lipinski definition) is 4. The van der Waals surface area contributed by atoms with E-state index in [1.54, 1.807) is 6.07 Å². The number of benzene rings is 1. The van der Waals surface area contributed by atoms with Crippen LogP contribution in [-0.2, 0) is 0 Å². The first-order valence-electron chi connectivity index (χ1n) is 6.61. The second kappa shape index (κ2) is 5.25. The van der Waals surface area contributed by atoms with E-state index < -0.39 is 11.4 Å². The van der Waals surface area contributed by atoms with Crippen LogP contribution in [-0.4, -0.2) is 23.4 Å². The van der Waals surface area contributed by atoms with E-state index in [9.17, 15) is 9.50 Å². The van der Waals surface area contributed by atoms with Crippen LogP contribution in [0.25, 0.3) is 0 Å². The molecule has 0 aromatic heterocycles. The largest absolute Gasteiger partial charge is 0.488 e. The minimum absolute atomic E-state index is 0.109. The molecule has 0 spiro atoms. The molecule has 1 aliphatic carbocycles. The van der Waals surface area contributed by atoms with Crippen molar-refractivity contribution >= 4 is 11.4 Å². The van der Waals surface area contributed by atoms with Gasteiger partial charge in [0.15, 0.2) is 11.6 Å². The standard InChI is InChI=1S/C14H21FN2O2/c1-9(2)19-13-7-12(11(16)6-10(13)15)17-8-14(18)4-3-5-14/h6-7,9,17-18H,3-5,8,16H2,1-2H3. The number of nitrogen functional groups attached to an aromatic ring is 1. The van der Waals surface area contributed by atoms with Gasteiger partial charge in [-0.05, 0) is 33.1 Å². The van der Waals surface area contributed by atoms with Crippen LogP contribution in [0.3, 0.4) is 0 Å². The lowest BCUT2D eigenvalue weighted by Crippen LogP contribution is -2.43. The van der Waals surface area contributed by atoms with Crippen molar-refractivity contribution in [3.63, 3.8) is 0 Å². The number of nitrogens with two attached hydrogens (primary N) is 1. The fraction of sp³-hybridized carbons (Fsp3) is 0.571. The molecule has 0 amide bonds. The summed E-state index contributed by atoms with van der Waals surface area (Å²) in [4.78, 5) is 0. The van der Waals surface area contributed by atoms with Gasteiger partial charge in [-0.3, -0.25) is 0 Å². The number of halogens is 1. The zero-order valence-electron chi connectivity index (χ0n) is 11.4. The minimum atomic E-state index is -0.653. The Hall–Kier alpha value is -1.49. The maximum absolute atomic E-state index is 13.7. The van der Waals surface area contributed by atoms with Crippen molar-refractivity contribution in [1.82, 2.24) is 0 Å². The van der Waals surface area contributed by atoms with Crippen molar-refractivity contribution < 1.29 is 14.2 Å². The Morgan fingerprint density at radius 2 is 2.16 bits per heavy atom.